The van der Waals surface area contributed by atoms with Gasteiger partial charge in [0, 0.05) is 6.04 Å². The SMILES string of the molecule is CCC[C@H](NC(=O)C1C2CCC(C2)C1N)C(=O)O. The molecule has 0 spiro atoms. The van der Waals surface area contributed by atoms with Gasteiger partial charge in [-0.05, 0) is 37.5 Å². The van der Waals surface area contributed by atoms with Crippen LogP contribution < -0.4 is 11.1 Å². The third-order valence-electron chi connectivity index (χ3n) is 4.48. The van der Waals surface area contributed by atoms with Gasteiger partial charge in [-0.1, -0.05) is 13.3 Å². The number of carbonyl (C=O) groups excluding carboxylic acids is 1. The van der Waals surface area contributed by atoms with Gasteiger partial charge in [0.05, 0.1) is 5.92 Å². The summed E-state index contributed by atoms with van der Waals surface area (Å²) in [5.41, 5.74) is 6.08. The Hall–Kier alpha value is -1.10. The topological polar surface area (TPSA) is 92.4 Å². The Balaban J connectivity index is 1.97. The molecular formula is C13H22N2O3. The van der Waals surface area contributed by atoms with Crippen LogP contribution in [0.3, 0.4) is 0 Å². The Kier molecular flexibility index (Phi) is 3.90. The molecule has 0 saturated heterocycles. The zero-order valence-corrected chi connectivity index (χ0v) is 10.8. The van der Waals surface area contributed by atoms with Crippen molar-refractivity contribution in [1.82, 2.24) is 5.32 Å². The summed E-state index contributed by atoms with van der Waals surface area (Å²) >= 11 is 0. The normalized spacial score (nSPS) is 35.4. The van der Waals surface area contributed by atoms with Crippen LogP contribution in [0.5, 0.6) is 0 Å². The van der Waals surface area contributed by atoms with E-state index in [-0.39, 0.29) is 17.9 Å². The van der Waals surface area contributed by atoms with Crippen molar-refractivity contribution >= 4 is 11.9 Å². The van der Waals surface area contributed by atoms with E-state index in [2.05, 4.69) is 5.32 Å². The van der Waals surface area contributed by atoms with Crippen LogP contribution in [-0.2, 0) is 9.59 Å². The predicted octanol–water partition coefficient (Wildman–Crippen LogP) is 0.729. The monoisotopic (exact) mass is 254 g/mol. The van der Waals surface area contributed by atoms with Gasteiger partial charge in [-0.15, -0.1) is 0 Å². The number of carboxylic acids is 1. The maximum Gasteiger partial charge on any atom is 0.326 e. The minimum atomic E-state index is -0.957. The van der Waals surface area contributed by atoms with Gasteiger partial charge in [0.2, 0.25) is 5.91 Å². The van der Waals surface area contributed by atoms with Crippen LogP contribution in [0.25, 0.3) is 0 Å². The fraction of sp³-hybridized carbons (Fsp3) is 0.846. The molecule has 5 nitrogen and oxygen atoms in total. The quantitative estimate of drug-likeness (QED) is 0.674. The first-order valence-electron chi connectivity index (χ1n) is 6.83. The Morgan fingerprint density at radius 1 is 1.39 bits per heavy atom. The molecule has 2 aliphatic carbocycles. The Morgan fingerprint density at radius 3 is 2.56 bits per heavy atom. The van der Waals surface area contributed by atoms with E-state index in [1.165, 1.54) is 0 Å². The molecule has 0 aromatic heterocycles. The van der Waals surface area contributed by atoms with Gasteiger partial charge in [0.1, 0.15) is 6.04 Å². The van der Waals surface area contributed by atoms with Crippen molar-refractivity contribution in [3.63, 3.8) is 0 Å². The van der Waals surface area contributed by atoms with Crippen LogP contribution in [0.4, 0.5) is 0 Å². The summed E-state index contributed by atoms with van der Waals surface area (Å²) in [6.07, 6.45) is 4.41. The van der Waals surface area contributed by atoms with Crippen molar-refractivity contribution in [3.05, 3.63) is 0 Å². The second kappa shape index (κ2) is 5.26. The summed E-state index contributed by atoms with van der Waals surface area (Å²) in [4.78, 5) is 23.2. The average molecular weight is 254 g/mol. The van der Waals surface area contributed by atoms with Crippen LogP contribution in [0, 0.1) is 17.8 Å². The van der Waals surface area contributed by atoms with Crippen LogP contribution in [0.2, 0.25) is 0 Å². The van der Waals surface area contributed by atoms with Crippen LogP contribution in [-0.4, -0.2) is 29.1 Å². The first-order valence-corrected chi connectivity index (χ1v) is 6.83. The lowest BCUT2D eigenvalue weighted by Crippen LogP contribution is -2.50. The number of hydrogen-bond acceptors (Lipinski definition) is 3. The van der Waals surface area contributed by atoms with Crippen molar-refractivity contribution in [3.8, 4) is 0 Å². The number of rotatable bonds is 5. The van der Waals surface area contributed by atoms with Crippen molar-refractivity contribution < 1.29 is 14.7 Å². The van der Waals surface area contributed by atoms with Gasteiger partial charge in [-0.3, -0.25) is 4.79 Å². The molecule has 0 radical (unpaired) electrons. The van der Waals surface area contributed by atoms with E-state index < -0.39 is 12.0 Å². The molecule has 0 aromatic carbocycles. The third kappa shape index (κ3) is 2.36. The summed E-state index contributed by atoms with van der Waals surface area (Å²) in [6, 6.07) is -0.853. The van der Waals surface area contributed by atoms with Crippen molar-refractivity contribution in [1.29, 1.82) is 0 Å². The molecule has 102 valence electrons. The lowest BCUT2D eigenvalue weighted by atomic mass is 9.84. The molecule has 4 unspecified atom stereocenters. The van der Waals surface area contributed by atoms with E-state index in [1.807, 2.05) is 6.92 Å². The molecule has 0 aromatic rings. The van der Waals surface area contributed by atoms with Gasteiger partial charge >= 0.3 is 5.97 Å². The molecule has 5 heteroatoms. The molecule has 2 fully saturated rings. The number of nitrogens with two attached hydrogens (primary N) is 1. The smallest absolute Gasteiger partial charge is 0.326 e. The number of carbonyl (C=O) groups is 2. The maximum absolute atomic E-state index is 12.2. The Morgan fingerprint density at radius 2 is 2.06 bits per heavy atom. The second-order valence-corrected chi connectivity index (χ2v) is 5.62. The molecule has 2 saturated carbocycles. The highest BCUT2D eigenvalue weighted by molar-refractivity contribution is 5.86. The maximum atomic E-state index is 12.2. The summed E-state index contributed by atoms with van der Waals surface area (Å²) in [6.45, 7) is 1.91. The zero-order chi connectivity index (χ0) is 13.3. The Labute approximate surface area is 107 Å². The predicted molar refractivity (Wildman–Crippen MR) is 66.8 cm³/mol. The van der Waals surface area contributed by atoms with E-state index in [1.54, 1.807) is 0 Å². The molecule has 4 N–H and O–H groups in total. The number of fused-ring (bicyclic) bond motifs is 2. The van der Waals surface area contributed by atoms with E-state index >= 15 is 0 Å². The van der Waals surface area contributed by atoms with Crippen LogP contribution in [0.1, 0.15) is 39.0 Å². The van der Waals surface area contributed by atoms with Crippen LogP contribution >= 0.6 is 0 Å². The molecule has 2 rings (SSSR count). The van der Waals surface area contributed by atoms with Crippen LogP contribution in [0.15, 0.2) is 0 Å². The third-order valence-corrected chi connectivity index (χ3v) is 4.48. The highest BCUT2D eigenvalue weighted by Gasteiger charge is 2.49. The minimum Gasteiger partial charge on any atom is -0.480 e. The van der Waals surface area contributed by atoms with Crippen molar-refractivity contribution in [2.75, 3.05) is 0 Å². The van der Waals surface area contributed by atoms with E-state index in [4.69, 9.17) is 10.8 Å². The molecule has 0 aliphatic heterocycles. The number of carboxylic acid groups (broad SMARTS) is 1. The highest BCUT2D eigenvalue weighted by atomic mass is 16.4. The molecule has 18 heavy (non-hydrogen) atoms. The standard InChI is InChI=1S/C13H22N2O3/c1-2-3-9(13(17)18)15-12(16)10-7-4-5-8(6-7)11(10)14/h7-11H,2-6,14H2,1H3,(H,15,16)(H,17,18)/t7?,8?,9-,10?,11?/m0/s1. The summed E-state index contributed by atoms with van der Waals surface area (Å²) < 4.78 is 0. The lowest BCUT2D eigenvalue weighted by Gasteiger charge is -2.28. The summed E-state index contributed by atoms with van der Waals surface area (Å²) in [5.74, 6) is -0.471. The van der Waals surface area contributed by atoms with Gasteiger partial charge < -0.3 is 16.2 Å². The summed E-state index contributed by atoms with van der Waals surface area (Å²) in [7, 11) is 0. The number of nitrogens with one attached hydrogen (secondary N) is 1. The zero-order valence-electron chi connectivity index (χ0n) is 10.8. The molecular weight excluding hydrogens is 232 g/mol. The first kappa shape index (κ1) is 13.3. The molecule has 2 aliphatic rings. The van der Waals surface area contributed by atoms with E-state index in [0.717, 1.165) is 25.7 Å². The summed E-state index contributed by atoms with van der Waals surface area (Å²) in [5, 5.41) is 11.7. The fourth-order valence-corrected chi connectivity index (χ4v) is 3.54. The largest absolute Gasteiger partial charge is 0.480 e. The number of aliphatic carboxylic acids is 1. The van der Waals surface area contributed by atoms with Gasteiger partial charge in [0.15, 0.2) is 0 Å². The minimum absolute atomic E-state index is 0.0835. The average Bonchev–Trinajstić information content (AvgIpc) is 2.88. The molecule has 2 bridgehead atoms. The number of amides is 1. The van der Waals surface area contributed by atoms with E-state index in [0.29, 0.717) is 18.3 Å². The van der Waals surface area contributed by atoms with Crippen molar-refractivity contribution in [2.24, 2.45) is 23.5 Å². The van der Waals surface area contributed by atoms with E-state index in [9.17, 15) is 9.59 Å². The molecule has 1 amide bonds. The van der Waals surface area contributed by atoms with Gasteiger partial charge in [0.25, 0.3) is 0 Å². The second-order valence-electron chi connectivity index (χ2n) is 5.62. The van der Waals surface area contributed by atoms with Crippen molar-refractivity contribution in [2.45, 2.75) is 51.1 Å². The lowest BCUT2D eigenvalue weighted by molar-refractivity contribution is -0.143. The van der Waals surface area contributed by atoms with Gasteiger partial charge in [-0.2, -0.15) is 0 Å². The van der Waals surface area contributed by atoms with Gasteiger partial charge in [-0.25, -0.2) is 4.79 Å². The Bertz CT molecular complexity index is 343. The highest BCUT2D eigenvalue weighted by Crippen LogP contribution is 2.47. The first-order chi connectivity index (χ1) is 8.54. The molecule has 5 atom stereocenters. The molecule has 0 heterocycles. The number of hydrogen-bond donors (Lipinski definition) is 3. The fourth-order valence-electron chi connectivity index (χ4n) is 3.54.